The van der Waals surface area contributed by atoms with Crippen molar-refractivity contribution in [1.29, 1.82) is 0 Å². The Balaban J connectivity index is 1.51. The molecule has 3 aromatic rings. The predicted octanol–water partition coefficient (Wildman–Crippen LogP) is 5.72. The van der Waals surface area contributed by atoms with Crippen LogP contribution in [-0.2, 0) is 6.54 Å². The minimum atomic E-state index is -0.585. The molecule has 0 bridgehead atoms. The van der Waals surface area contributed by atoms with E-state index in [4.69, 9.17) is 0 Å². The summed E-state index contributed by atoms with van der Waals surface area (Å²) in [6, 6.07) is 17.0. The van der Waals surface area contributed by atoms with Crippen LogP contribution in [0.5, 0.6) is 0 Å². The van der Waals surface area contributed by atoms with E-state index in [0.29, 0.717) is 43.6 Å². The fourth-order valence-corrected chi connectivity index (χ4v) is 4.16. The van der Waals surface area contributed by atoms with Crippen molar-refractivity contribution < 1.29 is 18.0 Å². The highest BCUT2D eigenvalue weighted by atomic mass is 19.1. The predicted molar refractivity (Wildman–Crippen MR) is 119 cm³/mol. The molecule has 0 saturated carbocycles. The molecule has 4 rings (SSSR count). The van der Waals surface area contributed by atoms with Gasteiger partial charge in [0.15, 0.2) is 0 Å². The fraction of sp³-hybridized carbons (Fsp3) is 0.269. The van der Waals surface area contributed by atoms with Crippen molar-refractivity contribution in [2.75, 3.05) is 18.0 Å². The summed E-state index contributed by atoms with van der Waals surface area (Å²) >= 11 is 0. The lowest BCUT2D eigenvalue weighted by atomic mass is 10.00. The van der Waals surface area contributed by atoms with Gasteiger partial charge in [-0.05, 0) is 62.2 Å². The fourth-order valence-electron chi connectivity index (χ4n) is 4.16. The number of hydrogen-bond donors (Lipinski definition) is 0. The number of carbonyl (C=O) groups is 1. The standard InChI is InChI=1S/C26H25F3N2O/c1-18-2-10-23(11-3-18)31(26(32)19-4-7-21(27)8-5-19)24-12-14-30(15-13-24)17-20-6-9-22(28)16-25(20)29/h2-11,16,24H,12-15,17H2,1H3. The summed E-state index contributed by atoms with van der Waals surface area (Å²) in [7, 11) is 0. The molecule has 1 amide bonds. The van der Waals surface area contributed by atoms with Gasteiger partial charge in [-0.1, -0.05) is 23.8 Å². The van der Waals surface area contributed by atoms with E-state index in [0.717, 1.165) is 17.3 Å². The van der Waals surface area contributed by atoms with Crippen LogP contribution in [0.2, 0.25) is 0 Å². The van der Waals surface area contributed by atoms with Crippen LogP contribution in [0.15, 0.2) is 66.7 Å². The first kappa shape index (κ1) is 22.1. The van der Waals surface area contributed by atoms with E-state index < -0.39 is 11.6 Å². The molecule has 3 aromatic carbocycles. The Morgan fingerprint density at radius 3 is 2.16 bits per heavy atom. The Hall–Kier alpha value is -3.12. The van der Waals surface area contributed by atoms with Crippen LogP contribution in [0.25, 0.3) is 0 Å². The lowest BCUT2D eigenvalue weighted by molar-refractivity contribution is 0.0958. The topological polar surface area (TPSA) is 23.6 Å². The molecule has 0 atom stereocenters. The number of piperidine rings is 1. The van der Waals surface area contributed by atoms with Crippen LogP contribution in [-0.4, -0.2) is 29.9 Å². The number of likely N-dealkylation sites (tertiary alicyclic amines) is 1. The molecule has 1 heterocycles. The van der Waals surface area contributed by atoms with E-state index in [1.807, 2.05) is 31.2 Å². The van der Waals surface area contributed by atoms with Gasteiger partial charge >= 0.3 is 0 Å². The minimum absolute atomic E-state index is 0.0374. The Bertz CT molecular complexity index is 1080. The molecular weight excluding hydrogens is 413 g/mol. The van der Waals surface area contributed by atoms with Crippen molar-refractivity contribution in [2.45, 2.75) is 32.4 Å². The molecule has 6 heteroatoms. The average molecular weight is 438 g/mol. The summed E-state index contributed by atoms with van der Waals surface area (Å²) in [4.78, 5) is 17.3. The van der Waals surface area contributed by atoms with E-state index in [9.17, 15) is 18.0 Å². The molecule has 32 heavy (non-hydrogen) atoms. The second-order valence-corrected chi connectivity index (χ2v) is 8.26. The Labute approximate surface area is 186 Å². The first-order chi connectivity index (χ1) is 15.4. The normalized spacial score (nSPS) is 15.0. The molecule has 1 aliphatic heterocycles. The highest BCUT2D eigenvalue weighted by Gasteiger charge is 2.30. The summed E-state index contributed by atoms with van der Waals surface area (Å²) in [5.41, 5.74) is 2.79. The molecule has 1 fully saturated rings. The average Bonchev–Trinajstić information content (AvgIpc) is 2.78. The molecule has 0 aliphatic carbocycles. The number of aryl methyl sites for hydroxylation is 1. The molecule has 0 radical (unpaired) electrons. The van der Waals surface area contributed by atoms with Gasteiger partial charge in [0.25, 0.3) is 5.91 Å². The number of anilines is 1. The first-order valence-corrected chi connectivity index (χ1v) is 10.7. The molecule has 166 valence electrons. The summed E-state index contributed by atoms with van der Waals surface area (Å²) < 4.78 is 40.6. The smallest absolute Gasteiger partial charge is 0.258 e. The third kappa shape index (κ3) is 5.02. The van der Waals surface area contributed by atoms with Gasteiger partial charge in [-0.2, -0.15) is 0 Å². The monoisotopic (exact) mass is 438 g/mol. The van der Waals surface area contributed by atoms with Gasteiger partial charge in [-0.3, -0.25) is 9.69 Å². The summed E-state index contributed by atoms with van der Waals surface area (Å²) in [5.74, 6) is -1.68. The Morgan fingerprint density at radius 2 is 1.53 bits per heavy atom. The van der Waals surface area contributed by atoms with Gasteiger partial charge in [0.05, 0.1) is 0 Å². The first-order valence-electron chi connectivity index (χ1n) is 10.7. The zero-order chi connectivity index (χ0) is 22.7. The van der Waals surface area contributed by atoms with Crippen LogP contribution in [0.4, 0.5) is 18.9 Å². The molecule has 0 spiro atoms. The second kappa shape index (κ2) is 9.57. The van der Waals surface area contributed by atoms with Crippen LogP contribution in [0.3, 0.4) is 0 Å². The second-order valence-electron chi connectivity index (χ2n) is 8.26. The maximum Gasteiger partial charge on any atom is 0.258 e. The number of hydrogen-bond acceptors (Lipinski definition) is 2. The van der Waals surface area contributed by atoms with Crippen LogP contribution in [0.1, 0.15) is 34.3 Å². The zero-order valence-electron chi connectivity index (χ0n) is 17.9. The number of rotatable bonds is 5. The minimum Gasteiger partial charge on any atom is -0.305 e. The number of amides is 1. The van der Waals surface area contributed by atoms with Gasteiger partial charge in [-0.15, -0.1) is 0 Å². The largest absolute Gasteiger partial charge is 0.305 e. The van der Waals surface area contributed by atoms with Crippen LogP contribution >= 0.6 is 0 Å². The van der Waals surface area contributed by atoms with Gasteiger partial charge in [0.1, 0.15) is 17.5 Å². The summed E-state index contributed by atoms with van der Waals surface area (Å²) in [6.07, 6.45) is 1.42. The maximum atomic E-state index is 14.0. The van der Waals surface area contributed by atoms with E-state index >= 15 is 0 Å². The summed E-state index contributed by atoms with van der Waals surface area (Å²) in [6.45, 7) is 3.75. The van der Waals surface area contributed by atoms with Crippen molar-refractivity contribution in [3.8, 4) is 0 Å². The van der Waals surface area contributed by atoms with Gasteiger partial charge in [0, 0.05) is 48.6 Å². The molecule has 0 aromatic heterocycles. The SMILES string of the molecule is Cc1ccc(N(C(=O)c2ccc(F)cc2)C2CCN(Cc3ccc(F)cc3F)CC2)cc1. The van der Waals surface area contributed by atoms with Gasteiger partial charge in [-0.25, -0.2) is 13.2 Å². The van der Waals surface area contributed by atoms with Crippen molar-refractivity contribution in [2.24, 2.45) is 0 Å². The molecular formula is C26H25F3N2O. The molecule has 1 aliphatic rings. The van der Waals surface area contributed by atoms with E-state index in [1.165, 1.54) is 36.4 Å². The number of benzene rings is 3. The van der Waals surface area contributed by atoms with Crippen molar-refractivity contribution in [3.63, 3.8) is 0 Å². The quantitative estimate of drug-likeness (QED) is 0.508. The molecule has 0 unspecified atom stereocenters. The van der Waals surface area contributed by atoms with Crippen molar-refractivity contribution in [1.82, 2.24) is 4.90 Å². The highest BCUT2D eigenvalue weighted by Crippen LogP contribution is 2.27. The molecule has 1 saturated heterocycles. The van der Waals surface area contributed by atoms with Crippen molar-refractivity contribution >= 4 is 11.6 Å². The lowest BCUT2D eigenvalue weighted by Gasteiger charge is -2.38. The third-order valence-electron chi connectivity index (χ3n) is 5.95. The van der Waals surface area contributed by atoms with E-state index in [1.54, 1.807) is 4.90 Å². The highest BCUT2D eigenvalue weighted by molar-refractivity contribution is 6.06. The van der Waals surface area contributed by atoms with E-state index in [-0.39, 0.29) is 17.8 Å². The number of carbonyl (C=O) groups excluding carboxylic acids is 1. The van der Waals surface area contributed by atoms with Crippen LogP contribution in [0, 0.1) is 24.4 Å². The Kier molecular flexibility index (Phi) is 6.61. The molecule has 3 nitrogen and oxygen atoms in total. The third-order valence-corrected chi connectivity index (χ3v) is 5.95. The van der Waals surface area contributed by atoms with Gasteiger partial charge < -0.3 is 4.90 Å². The number of halogens is 3. The number of nitrogens with zero attached hydrogens (tertiary/aromatic N) is 2. The molecule has 0 N–H and O–H groups in total. The van der Waals surface area contributed by atoms with E-state index in [2.05, 4.69) is 4.90 Å². The van der Waals surface area contributed by atoms with Crippen LogP contribution < -0.4 is 4.90 Å². The van der Waals surface area contributed by atoms with Crippen molar-refractivity contribution in [3.05, 3.63) is 101 Å². The summed E-state index contributed by atoms with van der Waals surface area (Å²) in [5, 5.41) is 0. The zero-order valence-corrected chi connectivity index (χ0v) is 17.9. The Morgan fingerprint density at radius 1 is 0.906 bits per heavy atom. The van der Waals surface area contributed by atoms with Gasteiger partial charge in [0.2, 0.25) is 0 Å². The maximum absolute atomic E-state index is 14.0. The lowest BCUT2D eigenvalue weighted by Crippen LogP contribution is -2.47.